The van der Waals surface area contributed by atoms with E-state index in [1.165, 1.54) is 17.7 Å². The molecule has 0 aliphatic rings. The number of hydrogen-bond donors (Lipinski definition) is 0. The Balaban J connectivity index is 1.87. The van der Waals surface area contributed by atoms with Crippen LogP contribution in [0, 0.1) is 0 Å². The predicted octanol–water partition coefficient (Wildman–Crippen LogP) is 4.33. The second-order valence-corrected chi connectivity index (χ2v) is 4.28. The first-order valence-corrected chi connectivity index (χ1v) is 6.08. The van der Waals surface area contributed by atoms with E-state index in [0.717, 1.165) is 10.9 Å². The zero-order valence-electron chi connectivity index (χ0n) is 10.2. The summed E-state index contributed by atoms with van der Waals surface area (Å²) in [6.07, 6.45) is 4.83. The lowest BCUT2D eigenvalue weighted by molar-refractivity contribution is 0.102. The normalized spacial score (nSPS) is 11.2. The molecule has 2 nitrogen and oxygen atoms in total. The summed E-state index contributed by atoms with van der Waals surface area (Å²) in [4.78, 5) is 11.8. The number of rotatable bonds is 3. The quantitative estimate of drug-likeness (QED) is 0.510. The molecule has 0 spiro atoms. The molecule has 0 saturated carbocycles. The Morgan fingerprint density at radius 3 is 2.58 bits per heavy atom. The zero-order chi connectivity index (χ0) is 13.1. The number of carbonyl (C=O) groups is 1. The summed E-state index contributed by atoms with van der Waals surface area (Å²) in [6.45, 7) is 0. The van der Waals surface area contributed by atoms with E-state index in [1.807, 2.05) is 24.3 Å². The van der Waals surface area contributed by atoms with Crippen LogP contribution in [0.15, 0.2) is 71.4 Å². The number of carbonyl (C=O) groups excluding carboxylic acids is 1. The Kier molecular flexibility index (Phi) is 2.99. The number of ketones is 1. The maximum absolute atomic E-state index is 11.8. The Bertz CT molecular complexity index is 737. The van der Waals surface area contributed by atoms with E-state index >= 15 is 0 Å². The molecule has 19 heavy (non-hydrogen) atoms. The number of benzene rings is 2. The first-order chi connectivity index (χ1) is 9.33. The fraction of sp³-hybridized carbons (Fsp3) is 0. The highest BCUT2D eigenvalue weighted by molar-refractivity contribution is 6.05. The summed E-state index contributed by atoms with van der Waals surface area (Å²) >= 11 is 0. The van der Waals surface area contributed by atoms with Crippen LogP contribution in [0.2, 0.25) is 0 Å². The maximum Gasteiger partial charge on any atom is 0.221 e. The van der Waals surface area contributed by atoms with E-state index in [4.69, 9.17) is 4.42 Å². The summed E-state index contributed by atoms with van der Waals surface area (Å²) in [5.41, 5.74) is 0.999. The van der Waals surface area contributed by atoms with Crippen LogP contribution in [0.1, 0.15) is 16.1 Å². The fourth-order valence-electron chi connectivity index (χ4n) is 1.98. The maximum atomic E-state index is 11.8. The van der Waals surface area contributed by atoms with Crippen molar-refractivity contribution in [2.75, 3.05) is 0 Å². The van der Waals surface area contributed by atoms with Crippen LogP contribution in [0.4, 0.5) is 0 Å². The van der Waals surface area contributed by atoms with Crippen molar-refractivity contribution in [2.24, 2.45) is 0 Å². The minimum absolute atomic E-state index is 0.127. The summed E-state index contributed by atoms with van der Waals surface area (Å²) < 4.78 is 5.05. The third-order valence-corrected chi connectivity index (χ3v) is 2.96. The van der Waals surface area contributed by atoms with Crippen molar-refractivity contribution in [3.8, 4) is 0 Å². The van der Waals surface area contributed by atoms with E-state index in [9.17, 15) is 4.79 Å². The average molecular weight is 248 g/mol. The molecule has 0 unspecified atom stereocenters. The van der Waals surface area contributed by atoms with Crippen LogP contribution in [-0.4, -0.2) is 5.78 Å². The fourth-order valence-corrected chi connectivity index (χ4v) is 1.98. The number of hydrogen-bond acceptors (Lipinski definition) is 2. The van der Waals surface area contributed by atoms with Crippen molar-refractivity contribution in [2.45, 2.75) is 0 Å². The third kappa shape index (κ3) is 2.47. The highest BCUT2D eigenvalue weighted by Gasteiger charge is 2.03. The van der Waals surface area contributed by atoms with Gasteiger partial charge in [-0.25, -0.2) is 0 Å². The van der Waals surface area contributed by atoms with Gasteiger partial charge in [0, 0.05) is 0 Å². The third-order valence-electron chi connectivity index (χ3n) is 2.96. The van der Waals surface area contributed by atoms with Crippen LogP contribution in [-0.2, 0) is 0 Å². The molecular weight excluding hydrogens is 236 g/mol. The number of allylic oxidation sites excluding steroid dienone is 1. The Hall–Kier alpha value is -2.61. The standard InChI is InChI=1S/C17H12O2/c18-16(17-6-3-11-19-17)10-8-13-7-9-14-4-1-2-5-15(14)12-13/h1-12H/b10-8-. The molecule has 0 atom stereocenters. The van der Waals surface area contributed by atoms with Gasteiger partial charge in [0.1, 0.15) is 0 Å². The molecular formula is C17H12O2. The molecule has 0 aliphatic heterocycles. The summed E-state index contributed by atoms with van der Waals surface area (Å²) in [7, 11) is 0. The summed E-state index contributed by atoms with van der Waals surface area (Å²) in [5.74, 6) is 0.232. The molecule has 0 fully saturated rings. The summed E-state index contributed by atoms with van der Waals surface area (Å²) in [6, 6.07) is 17.6. The lowest BCUT2D eigenvalue weighted by Crippen LogP contribution is -1.90. The minimum atomic E-state index is -0.127. The van der Waals surface area contributed by atoms with Crippen molar-refractivity contribution in [3.05, 3.63) is 78.3 Å². The van der Waals surface area contributed by atoms with E-state index < -0.39 is 0 Å². The second-order valence-electron chi connectivity index (χ2n) is 4.28. The molecule has 3 aromatic rings. The molecule has 1 heterocycles. The van der Waals surface area contributed by atoms with Gasteiger partial charge in [0.2, 0.25) is 5.78 Å². The van der Waals surface area contributed by atoms with Crippen molar-refractivity contribution < 1.29 is 9.21 Å². The molecule has 1 aromatic heterocycles. The highest BCUT2D eigenvalue weighted by Crippen LogP contribution is 2.16. The van der Waals surface area contributed by atoms with Gasteiger partial charge in [-0.05, 0) is 40.6 Å². The lowest BCUT2D eigenvalue weighted by atomic mass is 10.1. The molecule has 2 aromatic carbocycles. The molecule has 3 rings (SSSR count). The van der Waals surface area contributed by atoms with Gasteiger partial charge in [0.05, 0.1) is 6.26 Å². The van der Waals surface area contributed by atoms with Gasteiger partial charge in [-0.1, -0.05) is 42.5 Å². The minimum Gasteiger partial charge on any atom is -0.461 e. The topological polar surface area (TPSA) is 30.2 Å². The molecule has 0 bridgehead atoms. The van der Waals surface area contributed by atoms with Gasteiger partial charge < -0.3 is 4.42 Å². The first kappa shape index (κ1) is 11.5. The van der Waals surface area contributed by atoms with Crippen LogP contribution in [0.5, 0.6) is 0 Å². The number of furan rings is 1. The van der Waals surface area contributed by atoms with Gasteiger partial charge in [-0.2, -0.15) is 0 Å². The van der Waals surface area contributed by atoms with Crippen LogP contribution < -0.4 is 0 Å². The van der Waals surface area contributed by atoms with Crippen LogP contribution >= 0.6 is 0 Å². The monoisotopic (exact) mass is 248 g/mol. The molecule has 2 heteroatoms. The van der Waals surface area contributed by atoms with Gasteiger partial charge in [0.15, 0.2) is 5.76 Å². The van der Waals surface area contributed by atoms with E-state index in [1.54, 1.807) is 18.2 Å². The van der Waals surface area contributed by atoms with Gasteiger partial charge in [0.25, 0.3) is 0 Å². The van der Waals surface area contributed by atoms with Crippen molar-refractivity contribution >= 4 is 22.6 Å². The van der Waals surface area contributed by atoms with Crippen molar-refractivity contribution in [3.63, 3.8) is 0 Å². The van der Waals surface area contributed by atoms with E-state index in [2.05, 4.69) is 18.2 Å². The molecule has 0 N–H and O–H groups in total. The first-order valence-electron chi connectivity index (χ1n) is 6.08. The summed E-state index contributed by atoms with van der Waals surface area (Å²) in [5, 5.41) is 2.35. The van der Waals surface area contributed by atoms with E-state index in [0.29, 0.717) is 5.76 Å². The average Bonchev–Trinajstić information content (AvgIpc) is 2.99. The van der Waals surface area contributed by atoms with Crippen LogP contribution in [0.3, 0.4) is 0 Å². The van der Waals surface area contributed by atoms with Crippen molar-refractivity contribution in [1.82, 2.24) is 0 Å². The molecule has 0 amide bonds. The van der Waals surface area contributed by atoms with Gasteiger partial charge in [-0.3, -0.25) is 4.79 Å². The second kappa shape index (κ2) is 4.94. The van der Waals surface area contributed by atoms with Gasteiger partial charge in [-0.15, -0.1) is 0 Å². The zero-order valence-corrected chi connectivity index (χ0v) is 10.2. The molecule has 0 aliphatic carbocycles. The highest BCUT2D eigenvalue weighted by atomic mass is 16.3. The largest absolute Gasteiger partial charge is 0.461 e. The van der Waals surface area contributed by atoms with Gasteiger partial charge >= 0.3 is 0 Å². The predicted molar refractivity (Wildman–Crippen MR) is 76.0 cm³/mol. The molecule has 0 radical (unpaired) electrons. The molecule has 92 valence electrons. The van der Waals surface area contributed by atoms with Crippen molar-refractivity contribution in [1.29, 1.82) is 0 Å². The Morgan fingerprint density at radius 1 is 0.947 bits per heavy atom. The number of fused-ring (bicyclic) bond motifs is 1. The Labute approximate surface area is 111 Å². The Morgan fingerprint density at radius 2 is 1.79 bits per heavy atom. The smallest absolute Gasteiger partial charge is 0.221 e. The van der Waals surface area contributed by atoms with Crippen LogP contribution in [0.25, 0.3) is 16.8 Å². The molecule has 0 saturated heterocycles. The SMILES string of the molecule is O=C(/C=C\c1ccc2ccccc2c1)c1ccco1. The van der Waals surface area contributed by atoms with E-state index in [-0.39, 0.29) is 5.78 Å². The lowest BCUT2D eigenvalue weighted by Gasteiger charge is -1.98.